The van der Waals surface area contributed by atoms with Crippen LogP contribution in [0.2, 0.25) is 0 Å². The van der Waals surface area contributed by atoms with Crippen LogP contribution in [0, 0.1) is 17.8 Å². The molecule has 0 aromatic heterocycles. The highest BCUT2D eigenvalue weighted by Crippen LogP contribution is 2.46. The molecule has 2 aliphatic carbocycles. The molecule has 0 aromatic rings. The van der Waals surface area contributed by atoms with Crippen LogP contribution < -0.4 is 0 Å². The van der Waals surface area contributed by atoms with Gasteiger partial charge < -0.3 is 4.74 Å². The van der Waals surface area contributed by atoms with Gasteiger partial charge in [0.2, 0.25) is 0 Å². The maximum absolute atomic E-state index is 5.83. The van der Waals surface area contributed by atoms with E-state index < -0.39 is 0 Å². The van der Waals surface area contributed by atoms with Crippen LogP contribution in [0.25, 0.3) is 0 Å². The van der Waals surface area contributed by atoms with Crippen LogP contribution in [-0.4, -0.2) is 12.7 Å². The highest BCUT2D eigenvalue weighted by atomic mass is 16.5. The molecule has 4 atom stereocenters. The van der Waals surface area contributed by atoms with Gasteiger partial charge in [0.25, 0.3) is 0 Å². The van der Waals surface area contributed by atoms with E-state index in [0.717, 1.165) is 24.4 Å². The Balaban J connectivity index is 1.90. The molecule has 62 valence electrons. The molecule has 2 unspecified atom stereocenters. The zero-order valence-corrected chi connectivity index (χ0v) is 6.96. The van der Waals surface area contributed by atoms with E-state index in [0.29, 0.717) is 6.10 Å². The van der Waals surface area contributed by atoms with Crippen LogP contribution in [0.15, 0.2) is 0 Å². The molecule has 2 saturated heterocycles. The zero-order chi connectivity index (χ0) is 7.26. The lowest BCUT2D eigenvalue weighted by atomic mass is 9.68. The maximum Gasteiger partial charge on any atom is 0.0580 e. The smallest absolute Gasteiger partial charge is 0.0580 e. The largest absolute Gasteiger partial charge is 0.378 e. The Morgan fingerprint density at radius 2 is 1.36 bits per heavy atom. The average Bonchev–Trinajstić information content (AvgIpc) is 2.18. The van der Waals surface area contributed by atoms with Crippen LogP contribution in [0.4, 0.5) is 0 Å². The van der Waals surface area contributed by atoms with E-state index in [1.807, 2.05) is 0 Å². The molecule has 2 aliphatic heterocycles. The van der Waals surface area contributed by atoms with Gasteiger partial charge in [0.1, 0.15) is 0 Å². The number of hydrogen-bond donors (Lipinski definition) is 0. The molecule has 0 amide bonds. The van der Waals surface area contributed by atoms with Crippen LogP contribution >= 0.6 is 0 Å². The fourth-order valence-electron chi connectivity index (χ4n) is 3.47. The second-order valence-electron chi connectivity index (χ2n) is 4.73. The summed E-state index contributed by atoms with van der Waals surface area (Å²) in [5.41, 5.74) is 0. The van der Waals surface area contributed by atoms with E-state index in [2.05, 4.69) is 0 Å². The summed E-state index contributed by atoms with van der Waals surface area (Å²) in [5.74, 6) is 3.02. The molecule has 1 nitrogen and oxygen atoms in total. The van der Waals surface area contributed by atoms with Crippen LogP contribution in [0.5, 0.6) is 0 Å². The van der Waals surface area contributed by atoms with Gasteiger partial charge in [-0.3, -0.25) is 0 Å². The highest BCUT2D eigenvalue weighted by molar-refractivity contribution is 4.89. The van der Waals surface area contributed by atoms with Crippen LogP contribution in [-0.2, 0) is 4.74 Å². The van der Waals surface area contributed by atoms with Gasteiger partial charge in [-0.15, -0.1) is 0 Å². The summed E-state index contributed by atoms with van der Waals surface area (Å²) in [6.07, 6.45) is 7.90. The number of hydrogen-bond acceptors (Lipinski definition) is 1. The Bertz CT molecular complexity index is 132. The normalized spacial score (nSPS) is 54.5. The van der Waals surface area contributed by atoms with Gasteiger partial charge in [-0.05, 0) is 49.9 Å². The summed E-state index contributed by atoms with van der Waals surface area (Å²) in [4.78, 5) is 0. The minimum Gasteiger partial charge on any atom is -0.378 e. The van der Waals surface area contributed by atoms with Gasteiger partial charge in [0.05, 0.1) is 6.10 Å². The van der Waals surface area contributed by atoms with Crippen molar-refractivity contribution in [1.82, 2.24) is 0 Å². The van der Waals surface area contributed by atoms with Crippen LogP contribution in [0.3, 0.4) is 0 Å². The summed E-state index contributed by atoms with van der Waals surface area (Å²) >= 11 is 0. The van der Waals surface area contributed by atoms with E-state index in [4.69, 9.17) is 4.74 Å². The third-order valence-electron chi connectivity index (χ3n) is 3.76. The van der Waals surface area contributed by atoms with Crippen molar-refractivity contribution in [2.45, 2.75) is 38.2 Å². The van der Waals surface area contributed by atoms with Crippen molar-refractivity contribution in [2.75, 3.05) is 6.61 Å². The van der Waals surface area contributed by atoms with Gasteiger partial charge >= 0.3 is 0 Å². The number of rotatable bonds is 0. The van der Waals surface area contributed by atoms with Crippen molar-refractivity contribution in [3.8, 4) is 0 Å². The third-order valence-corrected chi connectivity index (χ3v) is 3.76. The molecule has 4 aliphatic rings. The third kappa shape index (κ3) is 1.01. The van der Waals surface area contributed by atoms with E-state index in [1.165, 1.54) is 32.1 Å². The van der Waals surface area contributed by atoms with E-state index >= 15 is 0 Å². The standard InChI is InChI=1S/C10H16O/c1-7-2-9-3-8(1)5-10(4-7)11-6-9/h7-10H,1-6H2/t7-,8+,9?,10?. The van der Waals surface area contributed by atoms with Crippen molar-refractivity contribution >= 4 is 0 Å². The molecule has 2 heterocycles. The molecular formula is C10H16O. The first-order valence-corrected chi connectivity index (χ1v) is 5.02. The lowest BCUT2D eigenvalue weighted by molar-refractivity contribution is 0.0309. The lowest BCUT2D eigenvalue weighted by Crippen LogP contribution is -2.29. The minimum atomic E-state index is 0.659. The molecule has 0 radical (unpaired) electrons. The van der Waals surface area contributed by atoms with Crippen molar-refractivity contribution in [3.05, 3.63) is 0 Å². The Hall–Kier alpha value is -0.0400. The van der Waals surface area contributed by atoms with Crippen molar-refractivity contribution in [2.24, 2.45) is 17.8 Å². The Kier molecular flexibility index (Phi) is 1.31. The summed E-state index contributed by atoms with van der Waals surface area (Å²) < 4.78 is 5.83. The van der Waals surface area contributed by atoms with E-state index in [9.17, 15) is 0 Å². The topological polar surface area (TPSA) is 9.23 Å². The maximum atomic E-state index is 5.83. The lowest BCUT2D eigenvalue weighted by Gasteiger charge is -2.36. The average molecular weight is 152 g/mol. The Labute approximate surface area is 68.1 Å². The van der Waals surface area contributed by atoms with Crippen molar-refractivity contribution < 1.29 is 4.74 Å². The van der Waals surface area contributed by atoms with Gasteiger partial charge in [-0.2, -0.15) is 0 Å². The molecule has 4 fully saturated rings. The summed E-state index contributed by atoms with van der Waals surface area (Å²) in [6.45, 7) is 1.08. The van der Waals surface area contributed by atoms with Gasteiger partial charge in [-0.1, -0.05) is 0 Å². The molecule has 0 N–H and O–H groups in total. The molecule has 4 rings (SSSR count). The van der Waals surface area contributed by atoms with Gasteiger partial charge in [-0.25, -0.2) is 0 Å². The molecule has 1 heteroatoms. The van der Waals surface area contributed by atoms with Gasteiger partial charge in [0.15, 0.2) is 0 Å². The van der Waals surface area contributed by atoms with Crippen LogP contribution in [0.1, 0.15) is 32.1 Å². The first kappa shape index (κ1) is 6.47. The summed E-state index contributed by atoms with van der Waals surface area (Å²) in [6, 6.07) is 0. The van der Waals surface area contributed by atoms with Crippen molar-refractivity contribution in [1.29, 1.82) is 0 Å². The second kappa shape index (κ2) is 2.22. The number of fused-ring (bicyclic) bond motifs is 1. The SMILES string of the molecule is C1OC2C[C@H]3CC1C[C@@H](C2)C3. The fraction of sp³-hybridized carbons (Fsp3) is 1.00. The van der Waals surface area contributed by atoms with Gasteiger partial charge in [0, 0.05) is 6.61 Å². The summed E-state index contributed by atoms with van der Waals surface area (Å²) in [7, 11) is 0. The first-order valence-electron chi connectivity index (χ1n) is 5.02. The quantitative estimate of drug-likeness (QED) is 0.517. The fourth-order valence-corrected chi connectivity index (χ4v) is 3.47. The minimum absolute atomic E-state index is 0.659. The monoisotopic (exact) mass is 152 g/mol. The zero-order valence-electron chi connectivity index (χ0n) is 6.96. The highest BCUT2D eigenvalue weighted by Gasteiger charge is 2.39. The van der Waals surface area contributed by atoms with E-state index in [1.54, 1.807) is 0 Å². The molecule has 4 bridgehead atoms. The predicted molar refractivity (Wildman–Crippen MR) is 43.3 cm³/mol. The summed E-state index contributed by atoms with van der Waals surface area (Å²) in [5, 5.41) is 0. The Morgan fingerprint density at radius 1 is 0.727 bits per heavy atom. The molecule has 0 aromatic carbocycles. The number of ether oxygens (including phenoxy) is 1. The molecule has 11 heavy (non-hydrogen) atoms. The second-order valence-corrected chi connectivity index (χ2v) is 4.73. The molecule has 2 saturated carbocycles. The predicted octanol–water partition coefficient (Wildman–Crippen LogP) is 2.21. The Morgan fingerprint density at radius 3 is 2.09 bits per heavy atom. The first-order chi connectivity index (χ1) is 5.40. The van der Waals surface area contributed by atoms with Crippen molar-refractivity contribution in [3.63, 3.8) is 0 Å². The van der Waals surface area contributed by atoms with E-state index in [-0.39, 0.29) is 0 Å². The molecular weight excluding hydrogens is 136 g/mol. The molecule has 0 spiro atoms.